The van der Waals surface area contributed by atoms with Gasteiger partial charge in [-0.05, 0) is 22.4 Å². The number of thiophene rings is 1. The summed E-state index contributed by atoms with van der Waals surface area (Å²) in [5, 5.41) is 7.50. The lowest BCUT2D eigenvalue weighted by Gasteiger charge is -2.07. The molecule has 13 heavy (non-hydrogen) atoms. The van der Waals surface area contributed by atoms with Crippen LogP contribution in [0.5, 0.6) is 0 Å². The second-order valence-electron chi connectivity index (χ2n) is 3.29. The lowest BCUT2D eigenvalue weighted by Crippen LogP contribution is -2.26. The molecular formula is C10H17NOS. The van der Waals surface area contributed by atoms with Gasteiger partial charge in [0.2, 0.25) is 0 Å². The van der Waals surface area contributed by atoms with Crippen molar-refractivity contribution >= 4 is 11.3 Å². The summed E-state index contributed by atoms with van der Waals surface area (Å²) >= 11 is 1.71. The zero-order valence-corrected chi connectivity index (χ0v) is 9.06. The molecule has 3 heteroatoms. The van der Waals surface area contributed by atoms with Crippen LogP contribution in [0.1, 0.15) is 19.4 Å². The molecule has 0 radical (unpaired) electrons. The van der Waals surface area contributed by atoms with Crippen molar-refractivity contribution < 1.29 is 4.74 Å². The molecule has 1 rings (SSSR count). The zero-order chi connectivity index (χ0) is 9.52. The fourth-order valence-corrected chi connectivity index (χ4v) is 1.64. The Morgan fingerprint density at radius 2 is 2.38 bits per heavy atom. The van der Waals surface area contributed by atoms with Gasteiger partial charge in [0.25, 0.3) is 0 Å². The fraction of sp³-hybridized carbons (Fsp3) is 0.600. The minimum atomic E-state index is 0.546. The van der Waals surface area contributed by atoms with Crippen LogP contribution < -0.4 is 5.32 Å². The second kappa shape index (κ2) is 6.13. The SMILES string of the molecule is CC(C)NCCOCc1ccsc1. The van der Waals surface area contributed by atoms with Gasteiger partial charge in [-0.1, -0.05) is 13.8 Å². The van der Waals surface area contributed by atoms with Crippen LogP contribution in [0.4, 0.5) is 0 Å². The Bertz CT molecular complexity index is 209. The summed E-state index contributed by atoms with van der Waals surface area (Å²) < 4.78 is 5.47. The number of hydrogen-bond donors (Lipinski definition) is 1. The van der Waals surface area contributed by atoms with Crippen molar-refractivity contribution in [1.82, 2.24) is 5.32 Å². The van der Waals surface area contributed by atoms with Gasteiger partial charge in [-0.3, -0.25) is 0 Å². The van der Waals surface area contributed by atoms with Crippen LogP contribution in [-0.2, 0) is 11.3 Å². The van der Waals surface area contributed by atoms with Crippen molar-refractivity contribution in [3.05, 3.63) is 22.4 Å². The molecule has 0 amide bonds. The van der Waals surface area contributed by atoms with Crippen molar-refractivity contribution in [2.75, 3.05) is 13.2 Å². The molecule has 0 atom stereocenters. The van der Waals surface area contributed by atoms with Crippen LogP contribution in [0.3, 0.4) is 0 Å². The van der Waals surface area contributed by atoms with Gasteiger partial charge in [0.15, 0.2) is 0 Å². The van der Waals surface area contributed by atoms with Gasteiger partial charge >= 0.3 is 0 Å². The van der Waals surface area contributed by atoms with Gasteiger partial charge < -0.3 is 10.1 Å². The molecule has 1 heterocycles. The molecule has 0 aliphatic heterocycles. The Kier molecular flexibility index (Phi) is 5.05. The molecule has 0 unspecified atom stereocenters. The molecule has 2 nitrogen and oxygen atoms in total. The van der Waals surface area contributed by atoms with Gasteiger partial charge in [0.05, 0.1) is 13.2 Å². The van der Waals surface area contributed by atoms with E-state index in [-0.39, 0.29) is 0 Å². The van der Waals surface area contributed by atoms with E-state index in [1.165, 1.54) is 5.56 Å². The molecule has 1 aromatic rings. The second-order valence-corrected chi connectivity index (χ2v) is 4.07. The number of ether oxygens (including phenoxy) is 1. The first kappa shape index (κ1) is 10.7. The molecule has 0 aromatic carbocycles. The lowest BCUT2D eigenvalue weighted by atomic mass is 10.4. The van der Waals surface area contributed by atoms with Crippen molar-refractivity contribution in [3.63, 3.8) is 0 Å². The van der Waals surface area contributed by atoms with Crippen molar-refractivity contribution in [3.8, 4) is 0 Å². The maximum atomic E-state index is 5.47. The highest BCUT2D eigenvalue weighted by atomic mass is 32.1. The first-order valence-corrected chi connectivity index (χ1v) is 5.55. The standard InChI is InChI=1S/C10H17NOS/c1-9(2)11-4-5-12-7-10-3-6-13-8-10/h3,6,8-9,11H,4-5,7H2,1-2H3. The van der Waals surface area contributed by atoms with E-state index in [0.717, 1.165) is 19.8 Å². The average molecular weight is 199 g/mol. The Labute approximate surface area is 83.9 Å². The molecule has 0 saturated carbocycles. The Morgan fingerprint density at radius 3 is 3.00 bits per heavy atom. The van der Waals surface area contributed by atoms with Crippen LogP contribution in [0.2, 0.25) is 0 Å². The molecule has 0 spiro atoms. The van der Waals surface area contributed by atoms with Crippen molar-refractivity contribution in [2.24, 2.45) is 0 Å². The molecule has 0 bridgehead atoms. The van der Waals surface area contributed by atoms with E-state index in [1.807, 2.05) is 0 Å². The van der Waals surface area contributed by atoms with Gasteiger partial charge in [-0.2, -0.15) is 11.3 Å². The van der Waals surface area contributed by atoms with Crippen LogP contribution in [0.25, 0.3) is 0 Å². The molecule has 0 aliphatic rings. The zero-order valence-electron chi connectivity index (χ0n) is 8.25. The van der Waals surface area contributed by atoms with E-state index in [1.54, 1.807) is 11.3 Å². The highest BCUT2D eigenvalue weighted by molar-refractivity contribution is 7.07. The van der Waals surface area contributed by atoms with E-state index in [2.05, 4.69) is 36.0 Å². The number of hydrogen-bond acceptors (Lipinski definition) is 3. The average Bonchev–Trinajstić information content (AvgIpc) is 2.55. The van der Waals surface area contributed by atoms with E-state index in [0.29, 0.717) is 6.04 Å². The third-order valence-electron chi connectivity index (χ3n) is 1.65. The largest absolute Gasteiger partial charge is 0.375 e. The van der Waals surface area contributed by atoms with Crippen LogP contribution >= 0.6 is 11.3 Å². The monoisotopic (exact) mass is 199 g/mol. The molecule has 1 N–H and O–H groups in total. The Morgan fingerprint density at radius 1 is 1.54 bits per heavy atom. The smallest absolute Gasteiger partial charge is 0.0725 e. The maximum absolute atomic E-state index is 5.47. The van der Waals surface area contributed by atoms with Gasteiger partial charge in [-0.15, -0.1) is 0 Å². The van der Waals surface area contributed by atoms with Gasteiger partial charge in [-0.25, -0.2) is 0 Å². The first-order valence-electron chi connectivity index (χ1n) is 4.61. The molecule has 0 saturated heterocycles. The number of nitrogens with one attached hydrogen (secondary N) is 1. The van der Waals surface area contributed by atoms with E-state index >= 15 is 0 Å². The highest BCUT2D eigenvalue weighted by Gasteiger charge is 1.94. The highest BCUT2D eigenvalue weighted by Crippen LogP contribution is 2.06. The summed E-state index contributed by atoms with van der Waals surface area (Å²) in [6.45, 7) is 6.73. The Balaban J connectivity index is 1.96. The number of rotatable bonds is 6. The molecular weight excluding hydrogens is 182 g/mol. The summed E-state index contributed by atoms with van der Waals surface area (Å²) in [5.41, 5.74) is 1.27. The summed E-state index contributed by atoms with van der Waals surface area (Å²) in [5.74, 6) is 0. The summed E-state index contributed by atoms with van der Waals surface area (Å²) in [6, 6.07) is 2.64. The van der Waals surface area contributed by atoms with Crippen molar-refractivity contribution in [2.45, 2.75) is 26.5 Å². The van der Waals surface area contributed by atoms with Gasteiger partial charge in [0.1, 0.15) is 0 Å². The van der Waals surface area contributed by atoms with E-state index < -0.39 is 0 Å². The third-order valence-corrected chi connectivity index (χ3v) is 2.38. The predicted molar refractivity (Wildman–Crippen MR) is 57.1 cm³/mol. The van der Waals surface area contributed by atoms with Crippen LogP contribution in [0, 0.1) is 0 Å². The normalized spacial score (nSPS) is 11.0. The van der Waals surface area contributed by atoms with E-state index in [9.17, 15) is 0 Å². The van der Waals surface area contributed by atoms with E-state index in [4.69, 9.17) is 4.74 Å². The van der Waals surface area contributed by atoms with Crippen LogP contribution in [-0.4, -0.2) is 19.2 Å². The van der Waals surface area contributed by atoms with Gasteiger partial charge in [0, 0.05) is 12.6 Å². The minimum absolute atomic E-state index is 0.546. The summed E-state index contributed by atoms with van der Waals surface area (Å²) in [7, 11) is 0. The first-order chi connectivity index (χ1) is 6.29. The third kappa shape index (κ3) is 5.03. The summed E-state index contributed by atoms with van der Waals surface area (Å²) in [4.78, 5) is 0. The summed E-state index contributed by atoms with van der Waals surface area (Å²) in [6.07, 6.45) is 0. The maximum Gasteiger partial charge on any atom is 0.0725 e. The molecule has 74 valence electrons. The topological polar surface area (TPSA) is 21.3 Å². The predicted octanol–water partition coefficient (Wildman–Crippen LogP) is 2.26. The minimum Gasteiger partial charge on any atom is -0.375 e. The van der Waals surface area contributed by atoms with Crippen LogP contribution in [0.15, 0.2) is 16.8 Å². The lowest BCUT2D eigenvalue weighted by molar-refractivity contribution is 0.121. The fourth-order valence-electron chi connectivity index (χ4n) is 0.985. The van der Waals surface area contributed by atoms with Crippen molar-refractivity contribution in [1.29, 1.82) is 0 Å². The Hall–Kier alpha value is -0.380. The molecule has 0 fully saturated rings. The molecule has 1 aromatic heterocycles. The quantitative estimate of drug-likeness (QED) is 0.710. The molecule has 0 aliphatic carbocycles.